The molecule has 0 aromatic heterocycles. The van der Waals surface area contributed by atoms with Gasteiger partial charge in [-0.2, -0.15) is 0 Å². The van der Waals surface area contributed by atoms with Gasteiger partial charge in [0.05, 0.1) is 44.7 Å². The number of ether oxygens (including phenoxy) is 10. The SMILES string of the molecule is C[C@@H]1CC[C@@]2(OC1)O[C@H]1C[C@H]3[C@@H]4CC=C5C[C@@H](O[C@@H]6O[C@H](CO)[C@@H](O)[C@H](O[C@@H]7O[C@@H](C)[C@H](O)[C@@H](O)[C@H]7O)[C@H]6O[C@@H]6O[C@H](CO)[C@@H](O[C@@H]7O[C@H](CO)[C@H](O)[C@H](O)[C@H]7O)[C@H](O)[C@H]6O)CC[C@]5(C)[C@H]4CC[C@]3(C)[C@H]1[C@@H]2C. The standard InChI is InChI=1S/C51H82O22/c1-20-8-13-51(64-19-20)21(2)32-28(73-51)15-27-25-7-6-23-14-24(9-11-49(23,4)26(25)10-12-50(27,32)5)66-48-44(43(35(57)30(17-53)68-48)71-45-39(61)36(58)33(55)22(3)65-45)72-47-41(63)38(60)42(31(18-54)69-47)70-46-40(62)37(59)34(56)29(16-52)67-46/h6,20-22,24-48,52-63H,7-19H2,1-5H3/t20-,21+,22+,24+,25-,26+,27+,28+,29-,30-,31-,32+,33+,34+,35-,36-,37+,38-,39-,40-,41-,42-,43+,44-,45+,46+,47+,48-,49+,50+,51-/m1/s1. The molecule has 6 heterocycles. The summed E-state index contributed by atoms with van der Waals surface area (Å²) in [5.74, 6) is 2.24. The van der Waals surface area contributed by atoms with Crippen LogP contribution >= 0.6 is 0 Å². The second-order valence-electron chi connectivity index (χ2n) is 23.9. The van der Waals surface area contributed by atoms with Crippen LogP contribution in [-0.4, -0.2) is 229 Å². The highest BCUT2D eigenvalue weighted by Crippen LogP contribution is 2.71. The van der Waals surface area contributed by atoms with Crippen LogP contribution in [0.1, 0.15) is 92.4 Å². The molecule has 12 N–H and O–H groups in total. The molecule has 0 aromatic carbocycles. The molecular formula is C51H82O22. The molecule has 10 rings (SSSR count). The minimum absolute atomic E-state index is 0.114. The fourth-order valence-corrected chi connectivity index (χ4v) is 15.5. The van der Waals surface area contributed by atoms with E-state index in [0.29, 0.717) is 48.3 Å². The second-order valence-corrected chi connectivity index (χ2v) is 23.9. The normalized spacial score (nSPS) is 57.1. The Morgan fingerprint density at radius 3 is 1.85 bits per heavy atom. The Morgan fingerprint density at radius 1 is 0.575 bits per heavy atom. The zero-order chi connectivity index (χ0) is 52.2. The smallest absolute Gasteiger partial charge is 0.187 e. The Labute approximate surface area is 425 Å². The lowest BCUT2D eigenvalue weighted by Gasteiger charge is -2.59. The molecule has 3 saturated carbocycles. The fourth-order valence-electron chi connectivity index (χ4n) is 15.5. The van der Waals surface area contributed by atoms with Gasteiger partial charge in [0.1, 0.15) is 91.6 Å². The maximum Gasteiger partial charge on any atom is 0.187 e. The average molecular weight is 1050 g/mol. The van der Waals surface area contributed by atoms with E-state index in [1.54, 1.807) is 0 Å². The first-order valence-electron chi connectivity index (χ1n) is 26.9. The summed E-state index contributed by atoms with van der Waals surface area (Å²) >= 11 is 0. The Morgan fingerprint density at radius 2 is 1.18 bits per heavy atom. The van der Waals surface area contributed by atoms with Crippen molar-refractivity contribution in [2.45, 2.75) is 233 Å². The number of fused-ring (bicyclic) bond motifs is 7. The van der Waals surface area contributed by atoms with Crippen molar-refractivity contribution in [3.05, 3.63) is 11.6 Å². The summed E-state index contributed by atoms with van der Waals surface area (Å²) in [6.07, 6.45) is -23.2. The average Bonchev–Trinajstić information content (AvgIpc) is 3.82. The van der Waals surface area contributed by atoms with Crippen molar-refractivity contribution in [2.75, 3.05) is 26.4 Å². The molecule has 4 aliphatic carbocycles. The third-order valence-electron chi connectivity index (χ3n) is 19.8. The topological polar surface area (TPSA) is 335 Å². The summed E-state index contributed by atoms with van der Waals surface area (Å²) in [6.45, 7) is 9.29. The molecule has 0 radical (unpaired) electrons. The maximum absolute atomic E-state index is 11.8. The van der Waals surface area contributed by atoms with Gasteiger partial charge < -0.3 is 109 Å². The summed E-state index contributed by atoms with van der Waals surface area (Å²) in [4.78, 5) is 0. The molecule has 1 spiro atoms. The second kappa shape index (κ2) is 21.2. The largest absolute Gasteiger partial charge is 0.394 e. The minimum atomic E-state index is -2.02. The van der Waals surface area contributed by atoms with Crippen LogP contribution in [-0.2, 0) is 47.4 Å². The van der Waals surface area contributed by atoms with Crippen LogP contribution in [0.2, 0.25) is 0 Å². The van der Waals surface area contributed by atoms with E-state index < -0.39 is 155 Å². The first kappa shape index (κ1) is 55.2. The summed E-state index contributed by atoms with van der Waals surface area (Å²) < 4.78 is 62.2. The molecule has 6 aliphatic heterocycles. The van der Waals surface area contributed by atoms with Crippen molar-refractivity contribution >= 4 is 0 Å². The van der Waals surface area contributed by atoms with Crippen molar-refractivity contribution in [2.24, 2.45) is 46.3 Å². The van der Waals surface area contributed by atoms with Crippen molar-refractivity contribution in [3.63, 3.8) is 0 Å². The lowest BCUT2D eigenvalue weighted by Crippen LogP contribution is -2.68. The number of aliphatic hydroxyl groups is 12. The number of aliphatic hydroxyl groups excluding tert-OH is 12. The molecule has 22 nitrogen and oxygen atoms in total. The van der Waals surface area contributed by atoms with Crippen LogP contribution in [0.25, 0.3) is 0 Å². The molecular weight excluding hydrogens is 965 g/mol. The Kier molecular flexibility index (Phi) is 16.0. The van der Waals surface area contributed by atoms with E-state index in [1.807, 2.05) is 0 Å². The summed E-state index contributed by atoms with van der Waals surface area (Å²) in [7, 11) is 0. The van der Waals surface area contributed by atoms with E-state index in [2.05, 4.69) is 33.8 Å². The summed E-state index contributed by atoms with van der Waals surface area (Å²) in [6, 6.07) is 0. The van der Waals surface area contributed by atoms with E-state index in [4.69, 9.17) is 47.4 Å². The molecule has 73 heavy (non-hydrogen) atoms. The maximum atomic E-state index is 11.8. The van der Waals surface area contributed by atoms with Crippen molar-refractivity contribution in [1.29, 1.82) is 0 Å². The number of rotatable bonds is 11. The zero-order valence-corrected chi connectivity index (χ0v) is 42.4. The van der Waals surface area contributed by atoms with E-state index in [0.717, 1.165) is 51.6 Å². The molecule has 31 atom stereocenters. The summed E-state index contributed by atoms with van der Waals surface area (Å²) in [5.41, 5.74) is 1.29. The molecule has 0 unspecified atom stereocenters. The van der Waals surface area contributed by atoms with Gasteiger partial charge in [-0.1, -0.05) is 39.3 Å². The predicted octanol–water partition coefficient (Wildman–Crippen LogP) is -1.96. The predicted molar refractivity (Wildman–Crippen MR) is 247 cm³/mol. The van der Waals surface area contributed by atoms with E-state index in [9.17, 15) is 61.3 Å². The van der Waals surface area contributed by atoms with Gasteiger partial charge in [-0.25, -0.2) is 0 Å². The quantitative estimate of drug-likeness (QED) is 0.1000. The molecule has 0 bridgehead atoms. The van der Waals surface area contributed by atoms with Crippen LogP contribution in [0.15, 0.2) is 11.6 Å². The first-order valence-corrected chi connectivity index (χ1v) is 26.9. The van der Waals surface area contributed by atoms with Crippen molar-refractivity contribution in [1.82, 2.24) is 0 Å². The van der Waals surface area contributed by atoms with Gasteiger partial charge in [-0.15, -0.1) is 0 Å². The fraction of sp³-hybridized carbons (Fsp3) is 0.961. The Bertz CT molecular complexity index is 1920. The van der Waals surface area contributed by atoms with Gasteiger partial charge in [0, 0.05) is 12.3 Å². The number of hydrogen-bond acceptors (Lipinski definition) is 22. The molecule has 0 amide bonds. The van der Waals surface area contributed by atoms with E-state index in [-0.39, 0.29) is 16.9 Å². The molecule has 6 saturated heterocycles. The Balaban J connectivity index is 0.879. The highest BCUT2D eigenvalue weighted by Gasteiger charge is 2.69. The Hall–Kier alpha value is -1.14. The number of allylic oxidation sites excluding steroid dienone is 1. The van der Waals surface area contributed by atoms with Gasteiger partial charge >= 0.3 is 0 Å². The number of hydrogen-bond donors (Lipinski definition) is 12. The van der Waals surface area contributed by atoms with E-state index in [1.165, 1.54) is 12.5 Å². The summed E-state index contributed by atoms with van der Waals surface area (Å²) in [5, 5.41) is 129. The van der Waals surface area contributed by atoms with Crippen LogP contribution in [0, 0.1) is 46.3 Å². The third-order valence-corrected chi connectivity index (χ3v) is 19.8. The molecule has 22 heteroatoms. The molecule has 418 valence electrons. The molecule has 0 aromatic rings. The minimum Gasteiger partial charge on any atom is -0.394 e. The van der Waals surface area contributed by atoms with Gasteiger partial charge in [0.2, 0.25) is 0 Å². The van der Waals surface area contributed by atoms with Crippen LogP contribution in [0.4, 0.5) is 0 Å². The van der Waals surface area contributed by atoms with Gasteiger partial charge in [-0.05, 0) is 98.7 Å². The van der Waals surface area contributed by atoms with Crippen molar-refractivity contribution < 1.29 is 109 Å². The van der Waals surface area contributed by atoms with Crippen LogP contribution in [0.5, 0.6) is 0 Å². The highest BCUT2D eigenvalue weighted by atomic mass is 16.8. The lowest BCUT2D eigenvalue weighted by atomic mass is 9.47. The lowest BCUT2D eigenvalue weighted by molar-refractivity contribution is -0.401. The third kappa shape index (κ3) is 9.42. The molecule has 9 fully saturated rings. The van der Waals surface area contributed by atoms with Crippen LogP contribution in [0.3, 0.4) is 0 Å². The van der Waals surface area contributed by atoms with Gasteiger partial charge in [0.25, 0.3) is 0 Å². The van der Waals surface area contributed by atoms with Gasteiger partial charge in [-0.3, -0.25) is 0 Å². The van der Waals surface area contributed by atoms with Crippen molar-refractivity contribution in [3.8, 4) is 0 Å². The van der Waals surface area contributed by atoms with Crippen LogP contribution < -0.4 is 0 Å². The zero-order valence-electron chi connectivity index (χ0n) is 42.4. The van der Waals surface area contributed by atoms with E-state index >= 15 is 0 Å². The monoisotopic (exact) mass is 1050 g/mol. The molecule has 10 aliphatic rings. The van der Waals surface area contributed by atoms with Gasteiger partial charge in [0.15, 0.2) is 30.9 Å². The first-order chi connectivity index (χ1) is 34.7. The highest BCUT2D eigenvalue weighted by molar-refractivity contribution is 5.26.